The third kappa shape index (κ3) is 3.41. The monoisotopic (exact) mass is 344 g/mol. The highest BCUT2D eigenvalue weighted by atomic mass is 79.9. The second-order valence-corrected chi connectivity index (χ2v) is 5.37. The van der Waals surface area contributed by atoms with Crippen LogP contribution >= 0.6 is 15.9 Å². The van der Waals surface area contributed by atoms with E-state index >= 15 is 0 Å². The average molecular weight is 345 g/mol. The molecule has 0 aliphatic rings. The van der Waals surface area contributed by atoms with E-state index in [0.29, 0.717) is 6.54 Å². The normalized spacial score (nSPS) is 10.5. The van der Waals surface area contributed by atoms with E-state index in [2.05, 4.69) is 36.4 Å². The molecule has 0 radical (unpaired) electrons. The summed E-state index contributed by atoms with van der Waals surface area (Å²) in [5.74, 6) is 0. The molecule has 0 bridgehead atoms. The summed E-state index contributed by atoms with van der Waals surface area (Å²) in [6, 6.07) is 15.2. The Morgan fingerprint density at radius 1 is 1.10 bits per heavy atom. The second kappa shape index (κ2) is 5.97. The fourth-order valence-corrected chi connectivity index (χ4v) is 2.38. The van der Waals surface area contributed by atoms with Crippen LogP contribution in [0.3, 0.4) is 0 Å². The van der Waals surface area contributed by atoms with Crippen molar-refractivity contribution in [2.24, 2.45) is 0 Å². The Balaban J connectivity index is 1.68. The molecule has 3 N–H and O–H groups in total. The number of rotatable bonds is 4. The van der Waals surface area contributed by atoms with Gasteiger partial charge < -0.3 is 5.32 Å². The molecule has 106 valence electrons. The molecule has 0 atom stereocenters. The highest BCUT2D eigenvalue weighted by Crippen LogP contribution is 2.18. The van der Waals surface area contributed by atoms with Crippen LogP contribution in [0.2, 0.25) is 0 Å². The summed E-state index contributed by atoms with van der Waals surface area (Å²) in [6.45, 7) is 0.653. The zero-order valence-electron chi connectivity index (χ0n) is 11.1. The molecule has 0 unspecified atom stereocenters. The molecule has 3 rings (SSSR count). The molecule has 2 heterocycles. The highest BCUT2D eigenvalue weighted by Gasteiger charge is 2.01. The molecule has 5 nitrogen and oxygen atoms in total. The van der Waals surface area contributed by atoms with Crippen molar-refractivity contribution in [3.63, 3.8) is 0 Å². The van der Waals surface area contributed by atoms with Crippen LogP contribution in [0.5, 0.6) is 0 Å². The van der Waals surface area contributed by atoms with E-state index in [-0.39, 0.29) is 5.56 Å². The van der Waals surface area contributed by atoms with Gasteiger partial charge in [-0.25, -0.2) is 4.98 Å². The van der Waals surface area contributed by atoms with E-state index in [1.807, 2.05) is 42.5 Å². The smallest absolute Gasteiger partial charge is 0.264 e. The molecule has 2 aromatic heterocycles. The van der Waals surface area contributed by atoms with E-state index in [1.165, 1.54) is 6.07 Å². The van der Waals surface area contributed by atoms with Crippen molar-refractivity contribution in [2.75, 3.05) is 5.32 Å². The molecule has 0 saturated carbocycles. The van der Waals surface area contributed by atoms with Crippen LogP contribution in [0.25, 0.3) is 11.3 Å². The lowest BCUT2D eigenvalue weighted by atomic mass is 10.1. The Labute approximate surface area is 129 Å². The molecule has 0 saturated heterocycles. The van der Waals surface area contributed by atoms with Crippen molar-refractivity contribution < 1.29 is 0 Å². The van der Waals surface area contributed by atoms with E-state index < -0.39 is 0 Å². The van der Waals surface area contributed by atoms with Gasteiger partial charge in [-0.2, -0.15) is 0 Å². The van der Waals surface area contributed by atoms with Crippen molar-refractivity contribution >= 4 is 21.6 Å². The average Bonchev–Trinajstić information content (AvgIpc) is 2.92. The van der Waals surface area contributed by atoms with Gasteiger partial charge in [0.2, 0.25) is 0 Å². The van der Waals surface area contributed by atoms with Crippen molar-refractivity contribution in [1.82, 2.24) is 15.2 Å². The number of aromatic nitrogens is 3. The van der Waals surface area contributed by atoms with Crippen LogP contribution in [0.15, 0.2) is 57.9 Å². The maximum absolute atomic E-state index is 11.1. The van der Waals surface area contributed by atoms with Crippen LogP contribution in [0.4, 0.5) is 5.69 Å². The SMILES string of the molecule is O=c1cc(-c2ccc(NCc3cccc(Br)n3)cc2)[nH][nH]1. The van der Waals surface area contributed by atoms with Gasteiger partial charge in [-0.05, 0) is 45.8 Å². The number of hydrogen-bond donors (Lipinski definition) is 3. The van der Waals surface area contributed by atoms with Gasteiger partial charge in [-0.3, -0.25) is 15.0 Å². The van der Waals surface area contributed by atoms with Gasteiger partial charge in [0.15, 0.2) is 0 Å². The van der Waals surface area contributed by atoms with Gasteiger partial charge >= 0.3 is 0 Å². The Morgan fingerprint density at radius 3 is 2.57 bits per heavy atom. The van der Waals surface area contributed by atoms with Crippen LogP contribution in [0, 0.1) is 0 Å². The molecular formula is C15H13BrN4O. The first kappa shape index (κ1) is 13.6. The number of H-pyrrole nitrogens is 2. The van der Waals surface area contributed by atoms with Crippen molar-refractivity contribution in [3.8, 4) is 11.3 Å². The minimum atomic E-state index is -0.132. The maximum Gasteiger partial charge on any atom is 0.264 e. The number of benzene rings is 1. The lowest BCUT2D eigenvalue weighted by Crippen LogP contribution is -2.01. The fraction of sp³-hybridized carbons (Fsp3) is 0.0667. The minimum absolute atomic E-state index is 0.132. The van der Waals surface area contributed by atoms with Crippen molar-refractivity contribution in [3.05, 3.63) is 69.2 Å². The third-order valence-corrected chi connectivity index (χ3v) is 3.48. The van der Waals surface area contributed by atoms with E-state index in [0.717, 1.165) is 27.2 Å². The number of aromatic amines is 2. The predicted octanol–water partition coefficient (Wildman–Crippen LogP) is 3.14. The molecule has 0 spiro atoms. The largest absolute Gasteiger partial charge is 0.379 e. The van der Waals surface area contributed by atoms with E-state index in [1.54, 1.807) is 0 Å². The first-order valence-corrected chi connectivity index (χ1v) is 7.23. The first-order valence-electron chi connectivity index (χ1n) is 6.44. The molecule has 0 aliphatic heterocycles. The molecule has 3 aromatic rings. The maximum atomic E-state index is 11.1. The molecular weight excluding hydrogens is 332 g/mol. The van der Waals surface area contributed by atoms with E-state index in [4.69, 9.17) is 0 Å². The van der Waals surface area contributed by atoms with Crippen molar-refractivity contribution in [1.29, 1.82) is 0 Å². The summed E-state index contributed by atoms with van der Waals surface area (Å²) in [6.07, 6.45) is 0. The molecule has 6 heteroatoms. The topological polar surface area (TPSA) is 73.6 Å². The second-order valence-electron chi connectivity index (χ2n) is 4.55. The number of hydrogen-bond acceptors (Lipinski definition) is 3. The van der Waals surface area contributed by atoms with Crippen LogP contribution in [-0.2, 0) is 6.54 Å². The summed E-state index contributed by atoms with van der Waals surface area (Å²) >= 11 is 3.35. The van der Waals surface area contributed by atoms with Crippen LogP contribution in [0.1, 0.15) is 5.69 Å². The van der Waals surface area contributed by atoms with Crippen LogP contribution in [-0.4, -0.2) is 15.2 Å². The van der Waals surface area contributed by atoms with Gasteiger partial charge in [0.1, 0.15) is 4.60 Å². The van der Waals surface area contributed by atoms with Crippen molar-refractivity contribution in [2.45, 2.75) is 6.54 Å². The predicted molar refractivity (Wildman–Crippen MR) is 86.1 cm³/mol. The first-order chi connectivity index (χ1) is 10.2. The number of nitrogens with one attached hydrogen (secondary N) is 3. The number of anilines is 1. The minimum Gasteiger partial charge on any atom is -0.379 e. The van der Waals surface area contributed by atoms with E-state index in [9.17, 15) is 4.79 Å². The Morgan fingerprint density at radius 2 is 1.90 bits per heavy atom. The van der Waals surface area contributed by atoms with Gasteiger partial charge in [-0.1, -0.05) is 18.2 Å². The fourth-order valence-electron chi connectivity index (χ4n) is 2.00. The lowest BCUT2D eigenvalue weighted by molar-refractivity contribution is 1.03. The zero-order valence-corrected chi connectivity index (χ0v) is 12.6. The molecule has 0 aliphatic carbocycles. The number of nitrogens with zero attached hydrogens (tertiary/aromatic N) is 1. The number of pyridine rings is 1. The molecule has 21 heavy (non-hydrogen) atoms. The Bertz CT molecular complexity index is 792. The molecule has 0 amide bonds. The zero-order chi connectivity index (χ0) is 14.7. The molecule has 1 aromatic carbocycles. The van der Waals surface area contributed by atoms with Gasteiger partial charge in [0.25, 0.3) is 5.56 Å². The quantitative estimate of drug-likeness (QED) is 0.636. The van der Waals surface area contributed by atoms with Gasteiger partial charge in [0, 0.05) is 11.8 Å². The lowest BCUT2D eigenvalue weighted by Gasteiger charge is -2.07. The summed E-state index contributed by atoms with van der Waals surface area (Å²) < 4.78 is 0.827. The summed E-state index contributed by atoms with van der Waals surface area (Å²) in [5.41, 5.74) is 3.56. The standard InChI is InChI=1S/C15H13BrN4O/c16-14-3-1-2-12(18-14)9-17-11-6-4-10(5-7-11)13-8-15(21)20-19-13/h1-8,17H,9H2,(H2,19,20,21). The third-order valence-electron chi connectivity index (χ3n) is 3.04. The highest BCUT2D eigenvalue weighted by molar-refractivity contribution is 9.10. The Hall–Kier alpha value is -2.34. The summed E-state index contributed by atoms with van der Waals surface area (Å²) in [5, 5.41) is 8.67. The summed E-state index contributed by atoms with van der Waals surface area (Å²) in [7, 11) is 0. The molecule has 0 fully saturated rings. The Kier molecular flexibility index (Phi) is 3.87. The van der Waals surface area contributed by atoms with Gasteiger partial charge in [0.05, 0.1) is 17.9 Å². The number of halogens is 1. The van der Waals surface area contributed by atoms with Gasteiger partial charge in [-0.15, -0.1) is 0 Å². The summed E-state index contributed by atoms with van der Waals surface area (Å²) in [4.78, 5) is 15.5. The van der Waals surface area contributed by atoms with Crippen LogP contribution < -0.4 is 10.9 Å².